The standard InChI is InChI=1S/C42H37Cl2FN6O2/c1-22-30-17-35(34-16-28(20-50(34)42(52)25-11-12-25)53-21-24-9-7-23(18-47)8-10-24)51(40-27-15-33(40)48-19-27)41(30)31-14-26(4-3-13-46)36(38(45)39(31)49-22)29-5-2-6-32(43)37(29)44/h2,5-10,14,17,25,27-28,33-34,40,48H,3-4,11-12,15-16,19-21H2,1H3/t27-,28+,33-,34-,40+/m1/s1. The topological polar surface area (TPSA) is 107 Å². The van der Waals surface area contributed by atoms with E-state index in [2.05, 4.69) is 28.1 Å². The van der Waals surface area contributed by atoms with Gasteiger partial charge in [0, 0.05) is 71.2 Å². The second-order valence-electron chi connectivity index (χ2n) is 15.0. The molecular formula is C42H37Cl2FN6O2. The molecule has 268 valence electrons. The van der Waals surface area contributed by atoms with Gasteiger partial charge in [0.25, 0.3) is 0 Å². The number of nitrogens with zero attached hydrogens (tertiary/aromatic N) is 5. The Morgan fingerprint density at radius 3 is 2.60 bits per heavy atom. The van der Waals surface area contributed by atoms with Gasteiger partial charge in [0.05, 0.1) is 58.1 Å². The molecule has 1 amide bonds. The van der Waals surface area contributed by atoms with E-state index in [-0.39, 0.29) is 53.0 Å². The molecule has 5 aliphatic rings. The SMILES string of the molecule is Cc1nc2c(F)c(-c3cccc(Cl)c3Cl)c(CCC#N)cc2c2c1cc([C@H]1C[C@H](OCc3ccc(C#N)cc3)CN1C(=O)C1CC1)n2[C@H]1[C@H]2CN[C@@H]1C2. The highest BCUT2D eigenvalue weighted by Gasteiger charge is 2.51. The fourth-order valence-corrected chi connectivity index (χ4v) is 9.39. The predicted octanol–water partition coefficient (Wildman–Crippen LogP) is 8.74. The first kappa shape index (κ1) is 34.3. The Labute approximate surface area is 317 Å². The molecule has 5 atom stereocenters. The van der Waals surface area contributed by atoms with Crippen LogP contribution < -0.4 is 5.32 Å². The average Bonchev–Trinajstić information content (AvgIpc) is 3.46. The van der Waals surface area contributed by atoms with Gasteiger partial charge in [-0.2, -0.15) is 10.5 Å². The smallest absolute Gasteiger partial charge is 0.226 e. The van der Waals surface area contributed by atoms with Crippen LogP contribution in [0.4, 0.5) is 4.39 Å². The number of aryl methyl sites for hydroxylation is 2. The zero-order valence-corrected chi connectivity index (χ0v) is 30.7. The summed E-state index contributed by atoms with van der Waals surface area (Å²) >= 11 is 13.1. The van der Waals surface area contributed by atoms with Gasteiger partial charge in [-0.1, -0.05) is 47.5 Å². The highest BCUT2D eigenvalue weighted by Crippen LogP contribution is 2.51. The molecule has 0 unspecified atom stereocenters. The van der Waals surface area contributed by atoms with Gasteiger partial charge in [-0.25, -0.2) is 9.37 Å². The predicted molar refractivity (Wildman–Crippen MR) is 202 cm³/mol. The highest BCUT2D eigenvalue weighted by atomic mass is 35.5. The lowest BCUT2D eigenvalue weighted by Gasteiger charge is -2.39. The average molecular weight is 748 g/mol. The van der Waals surface area contributed by atoms with Crippen LogP contribution in [0.1, 0.15) is 72.3 Å². The van der Waals surface area contributed by atoms with Crippen LogP contribution in [0.2, 0.25) is 10.0 Å². The molecule has 0 spiro atoms. The first-order valence-corrected chi connectivity index (χ1v) is 19.1. The minimum absolute atomic E-state index is 0.0342. The number of amides is 1. The maximum atomic E-state index is 17.2. The quantitative estimate of drug-likeness (QED) is 0.162. The van der Waals surface area contributed by atoms with Gasteiger partial charge in [0.2, 0.25) is 5.91 Å². The van der Waals surface area contributed by atoms with E-state index < -0.39 is 5.82 Å². The number of aromatic nitrogens is 2. The number of hydrogen-bond donors (Lipinski definition) is 1. The summed E-state index contributed by atoms with van der Waals surface area (Å²) < 4.78 is 26.1. The number of benzene rings is 3. The molecule has 2 bridgehead atoms. The Balaban J connectivity index is 1.21. The van der Waals surface area contributed by atoms with E-state index in [0.29, 0.717) is 70.3 Å². The normalized spacial score (nSPS) is 23.4. The molecule has 5 fully saturated rings. The van der Waals surface area contributed by atoms with Crippen LogP contribution in [0.25, 0.3) is 32.9 Å². The molecule has 3 aromatic carbocycles. The van der Waals surface area contributed by atoms with Gasteiger partial charge < -0.3 is 19.5 Å². The number of nitriles is 2. The minimum Gasteiger partial charge on any atom is -0.372 e. The third kappa shape index (κ3) is 5.77. The molecule has 2 aliphatic carbocycles. The summed E-state index contributed by atoms with van der Waals surface area (Å²) in [5.74, 6) is 0.115. The van der Waals surface area contributed by atoms with Crippen molar-refractivity contribution in [2.75, 3.05) is 13.1 Å². The summed E-state index contributed by atoms with van der Waals surface area (Å²) in [6.45, 7) is 3.69. The second kappa shape index (κ2) is 13.4. The van der Waals surface area contributed by atoms with E-state index in [9.17, 15) is 15.3 Å². The number of hydrogen-bond acceptors (Lipinski definition) is 6. The van der Waals surface area contributed by atoms with Crippen LogP contribution in [-0.4, -0.2) is 45.6 Å². The van der Waals surface area contributed by atoms with Crippen molar-refractivity contribution in [3.05, 3.63) is 98.5 Å². The number of rotatable bonds is 9. The molecule has 0 radical (unpaired) electrons. The fourth-order valence-electron chi connectivity index (χ4n) is 9.00. The van der Waals surface area contributed by atoms with E-state index in [1.54, 1.807) is 30.3 Å². The summed E-state index contributed by atoms with van der Waals surface area (Å²) in [4.78, 5) is 20.9. The molecular weight excluding hydrogens is 710 g/mol. The lowest BCUT2D eigenvalue weighted by molar-refractivity contribution is -0.134. The van der Waals surface area contributed by atoms with Crippen molar-refractivity contribution in [3.63, 3.8) is 0 Å². The maximum Gasteiger partial charge on any atom is 0.226 e. The van der Waals surface area contributed by atoms with Crippen molar-refractivity contribution in [1.82, 2.24) is 19.8 Å². The number of halogens is 3. The Morgan fingerprint density at radius 1 is 1.09 bits per heavy atom. The van der Waals surface area contributed by atoms with Crippen molar-refractivity contribution < 1.29 is 13.9 Å². The van der Waals surface area contributed by atoms with Crippen LogP contribution in [0.3, 0.4) is 0 Å². The Bertz CT molecular complexity index is 2380. The second-order valence-corrected chi connectivity index (χ2v) is 15.8. The molecule has 3 saturated heterocycles. The van der Waals surface area contributed by atoms with Crippen LogP contribution in [0.5, 0.6) is 0 Å². The largest absolute Gasteiger partial charge is 0.372 e. The van der Waals surface area contributed by atoms with Gasteiger partial charge in [0.15, 0.2) is 5.82 Å². The lowest BCUT2D eigenvalue weighted by Crippen LogP contribution is -2.41. The molecule has 3 aliphatic heterocycles. The van der Waals surface area contributed by atoms with E-state index >= 15 is 4.39 Å². The molecule has 1 N–H and O–H groups in total. The fraction of sp³-hybridized carbons (Fsp3) is 0.381. The minimum atomic E-state index is -0.490. The van der Waals surface area contributed by atoms with Crippen molar-refractivity contribution >= 4 is 50.9 Å². The number of ether oxygens (including phenoxy) is 1. The number of carbonyl (C=O) groups is 1. The van der Waals surface area contributed by atoms with Crippen molar-refractivity contribution in [1.29, 1.82) is 10.5 Å². The maximum absolute atomic E-state index is 17.2. The summed E-state index contributed by atoms with van der Waals surface area (Å²) in [5, 5.41) is 24.7. The third-order valence-corrected chi connectivity index (χ3v) is 12.6. The van der Waals surface area contributed by atoms with Crippen LogP contribution in [-0.2, 0) is 22.6 Å². The van der Waals surface area contributed by atoms with Crippen LogP contribution >= 0.6 is 23.2 Å². The monoisotopic (exact) mass is 746 g/mol. The van der Waals surface area contributed by atoms with Gasteiger partial charge in [-0.3, -0.25) is 4.79 Å². The van der Waals surface area contributed by atoms with Crippen molar-refractivity contribution in [3.8, 4) is 23.3 Å². The molecule has 2 aromatic heterocycles. The molecule has 8 nitrogen and oxygen atoms in total. The third-order valence-electron chi connectivity index (χ3n) is 11.8. The van der Waals surface area contributed by atoms with E-state index in [4.69, 9.17) is 32.9 Å². The number of fused-ring (bicyclic) bond motifs is 4. The van der Waals surface area contributed by atoms with Crippen LogP contribution in [0.15, 0.2) is 54.6 Å². The number of carbonyl (C=O) groups excluding carboxylic acids is 1. The van der Waals surface area contributed by atoms with Crippen molar-refractivity contribution in [2.24, 2.45) is 11.8 Å². The van der Waals surface area contributed by atoms with Gasteiger partial charge in [0.1, 0.15) is 5.52 Å². The molecule has 5 aromatic rings. The number of nitrogens with one attached hydrogen (secondary N) is 1. The highest BCUT2D eigenvalue weighted by molar-refractivity contribution is 6.43. The number of likely N-dealkylation sites (tertiary alicyclic amines) is 1. The lowest BCUT2D eigenvalue weighted by atomic mass is 9.79. The summed E-state index contributed by atoms with van der Waals surface area (Å²) in [6.07, 6.45) is 3.83. The van der Waals surface area contributed by atoms with Crippen molar-refractivity contribution in [2.45, 2.75) is 76.3 Å². The zero-order valence-electron chi connectivity index (χ0n) is 29.2. The summed E-state index contributed by atoms with van der Waals surface area (Å²) in [5.41, 5.74) is 5.90. The number of pyridine rings is 1. The van der Waals surface area contributed by atoms with Gasteiger partial charge in [-0.05, 0) is 80.0 Å². The summed E-state index contributed by atoms with van der Waals surface area (Å²) in [6, 6.07) is 21.3. The van der Waals surface area contributed by atoms with E-state index in [1.807, 2.05) is 30.0 Å². The van der Waals surface area contributed by atoms with E-state index in [0.717, 1.165) is 48.0 Å². The van der Waals surface area contributed by atoms with Gasteiger partial charge >= 0.3 is 0 Å². The Hall–Kier alpha value is -4.51. The molecule has 53 heavy (non-hydrogen) atoms. The van der Waals surface area contributed by atoms with Gasteiger partial charge in [-0.15, -0.1) is 0 Å². The molecule has 2 saturated carbocycles. The molecule has 5 heterocycles. The zero-order chi connectivity index (χ0) is 36.5. The molecule has 11 heteroatoms. The van der Waals surface area contributed by atoms with Crippen LogP contribution in [0, 0.1) is 47.2 Å². The summed E-state index contributed by atoms with van der Waals surface area (Å²) in [7, 11) is 0. The Morgan fingerprint density at radius 2 is 1.91 bits per heavy atom. The first-order valence-electron chi connectivity index (χ1n) is 18.4. The molecule has 10 rings (SSSR count). The van der Waals surface area contributed by atoms with E-state index in [1.165, 1.54) is 0 Å². The Kier molecular flexibility index (Phi) is 8.67. The first-order chi connectivity index (χ1) is 25.7.